The zero-order chi connectivity index (χ0) is 12.3. The Kier molecular flexibility index (Phi) is 3.49. The van der Waals surface area contributed by atoms with Crippen LogP contribution in [0.3, 0.4) is 0 Å². The van der Waals surface area contributed by atoms with Gasteiger partial charge in [0, 0.05) is 17.6 Å². The van der Waals surface area contributed by atoms with Crippen molar-refractivity contribution in [2.75, 3.05) is 12.3 Å². The maximum absolute atomic E-state index is 12.0. The molecule has 3 nitrogen and oxygen atoms in total. The summed E-state index contributed by atoms with van der Waals surface area (Å²) in [6.45, 7) is -0.0478. The average Bonchev–Trinajstić information content (AvgIpc) is 2.28. The summed E-state index contributed by atoms with van der Waals surface area (Å²) in [5.74, 6) is 0. The maximum Gasteiger partial charge on any atom is 0.250 e. The lowest BCUT2D eigenvalue weighted by Crippen LogP contribution is -2.21. The monoisotopic (exact) mass is 237 g/mol. The molecule has 0 radical (unpaired) electrons. The topological polar surface area (TPSA) is 50.9 Å². The molecule has 0 atom stereocenters. The van der Waals surface area contributed by atoms with E-state index in [2.05, 4.69) is 10.3 Å². The molecule has 0 spiro atoms. The summed E-state index contributed by atoms with van der Waals surface area (Å²) < 4.78 is 23.9. The molecule has 0 saturated heterocycles. The maximum atomic E-state index is 12.0. The molecule has 0 bridgehead atoms. The van der Waals surface area contributed by atoms with Crippen LogP contribution in [0.4, 0.5) is 14.5 Å². The highest BCUT2D eigenvalue weighted by Gasteiger charge is 2.04. The van der Waals surface area contributed by atoms with Crippen molar-refractivity contribution in [3.63, 3.8) is 0 Å². The van der Waals surface area contributed by atoms with Gasteiger partial charge in [-0.2, -0.15) is 0 Å². The normalized spacial score (nSPS) is 11.2. The first kappa shape index (κ1) is 11.7. The molecule has 0 amide bonds. The number of nitrogens with two attached hydrogens (primary N) is 1. The van der Waals surface area contributed by atoms with Crippen molar-refractivity contribution in [1.29, 1.82) is 0 Å². The molecule has 5 heteroatoms. The lowest BCUT2D eigenvalue weighted by Gasteiger charge is -2.07. The Hall–Kier alpha value is -1.75. The van der Waals surface area contributed by atoms with E-state index >= 15 is 0 Å². The highest BCUT2D eigenvalue weighted by atomic mass is 19.3. The smallest absolute Gasteiger partial charge is 0.250 e. The van der Waals surface area contributed by atoms with Gasteiger partial charge in [0.15, 0.2) is 0 Å². The predicted molar refractivity (Wildman–Crippen MR) is 63.9 cm³/mol. The molecule has 90 valence electrons. The van der Waals surface area contributed by atoms with Crippen LogP contribution in [0.5, 0.6) is 0 Å². The fraction of sp³-hybridized carbons (Fsp3) is 0.250. The Balaban J connectivity index is 2.19. The van der Waals surface area contributed by atoms with Gasteiger partial charge in [-0.1, -0.05) is 18.2 Å². The van der Waals surface area contributed by atoms with E-state index in [1.807, 2.05) is 24.3 Å². The zero-order valence-corrected chi connectivity index (χ0v) is 9.16. The van der Waals surface area contributed by atoms with Gasteiger partial charge >= 0.3 is 0 Å². The van der Waals surface area contributed by atoms with Gasteiger partial charge in [-0.3, -0.25) is 4.98 Å². The summed E-state index contributed by atoms with van der Waals surface area (Å²) in [7, 11) is 0. The number of aromatic nitrogens is 1. The van der Waals surface area contributed by atoms with Crippen LogP contribution in [0.25, 0.3) is 10.9 Å². The second kappa shape index (κ2) is 5.05. The van der Waals surface area contributed by atoms with Crippen molar-refractivity contribution in [3.8, 4) is 0 Å². The third-order valence-electron chi connectivity index (χ3n) is 2.41. The van der Waals surface area contributed by atoms with Crippen molar-refractivity contribution in [3.05, 3.63) is 36.0 Å². The highest BCUT2D eigenvalue weighted by Crippen LogP contribution is 2.19. The highest BCUT2D eigenvalue weighted by molar-refractivity contribution is 5.90. The Morgan fingerprint density at radius 1 is 1.29 bits per heavy atom. The number of nitrogens with one attached hydrogen (secondary N) is 1. The molecule has 1 heterocycles. The Labute approximate surface area is 97.6 Å². The van der Waals surface area contributed by atoms with Gasteiger partial charge in [-0.25, -0.2) is 8.78 Å². The Bertz CT molecular complexity index is 514. The molecule has 0 fully saturated rings. The number of nitrogen functional groups attached to an aromatic ring is 1. The van der Waals surface area contributed by atoms with Crippen molar-refractivity contribution in [2.24, 2.45) is 0 Å². The summed E-state index contributed by atoms with van der Waals surface area (Å²) in [6, 6.07) is 9.19. The van der Waals surface area contributed by atoms with Crippen LogP contribution < -0.4 is 11.1 Å². The van der Waals surface area contributed by atoms with E-state index in [0.29, 0.717) is 17.9 Å². The van der Waals surface area contributed by atoms with Crippen LogP contribution in [-0.2, 0) is 6.54 Å². The van der Waals surface area contributed by atoms with Crippen LogP contribution in [-0.4, -0.2) is 18.0 Å². The first-order valence-electron chi connectivity index (χ1n) is 5.30. The van der Waals surface area contributed by atoms with E-state index in [4.69, 9.17) is 5.73 Å². The van der Waals surface area contributed by atoms with E-state index in [0.717, 1.165) is 10.9 Å². The molecule has 0 aliphatic rings. The fourth-order valence-electron chi connectivity index (χ4n) is 1.66. The van der Waals surface area contributed by atoms with Gasteiger partial charge in [0.1, 0.15) is 0 Å². The van der Waals surface area contributed by atoms with Crippen LogP contribution >= 0.6 is 0 Å². The quantitative estimate of drug-likeness (QED) is 0.856. The molecule has 17 heavy (non-hydrogen) atoms. The molecule has 1 aromatic carbocycles. The number of pyridine rings is 1. The standard InChI is InChI=1S/C12H13F2N3/c13-12(14)7-16-6-8-5-10(15)9-3-1-2-4-11(9)17-8/h1-5,12,16H,6-7H2,(H2,15,17). The number of benzene rings is 1. The van der Waals surface area contributed by atoms with Crippen molar-refractivity contribution in [2.45, 2.75) is 13.0 Å². The Morgan fingerprint density at radius 3 is 2.82 bits per heavy atom. The molecule has 2 rings (SSSR count). The van der Waals surface area contributed by atoms with E-state index in [1.165, 1.54) is 0 Å². The third kappa shape index (κ3) is 2.88. The SMILES string of the molecule is Nc1cc(CNCC(F)F)nc2ccccc12. The van der Waals surface area contributed by atoms with Crippen molar-refractivity contribution >= 4 is 16.6 Å². The summed E-state index contributed by atoms with van der Waals surface area (Å²) in [4.78, 5) is 4.35. The minimum atomic E-state index is -2.35. The first-order chi connectivity index (χ1) is 8.16. The van der Waals surface area contributed by atoms with Gasteiger partial charge < -0.3 is 11.1 Å². The minimum Gasteiger partial charge on any atom is -0.398 e. The fourth-order valence-corrected chi connectivity index (χ4v) is 1.66. The van der Waals surface area contributed by atoms with Gasteiger partial charge in [-0.15, -0.1) is 0 Å². The van der Waals surface area contributed by atoms with Gasteiger partial charge in [0.2, 0.25) is 0 Å². The third-order valence-corrected chi connectivity index (χ3v) is 2.41. The Morgan fingerprint density at radius 2 is 2.06 bits per heavy atom. The molecule has 2 aromatic rings. The minimum absolute atomic E-state index is 0.291. The molecule has 3 N–H and O–H groups in total. The number of anilines is 1. The summed E-state index contributed by atoms with van der Waals surface area (Å²) >= 11 is 0. The molecule has 1 aromatic heterocycles. The second-order valence-electron chi connectivity index (χ2n) is 3.74. The van der Waals surface area contributed by atoms with Crippen LogP contribution in [0.2, 0.25) is 0 Å². The second-order valence-corrected chi connectivity index (χ2v) is 3.74. The average molecular weight is 237 g/mol. The number of alkyl halides is 2. The van der Waals surface area contributed by atoms with Gasteiger partial charge in [-0.05, 0) is 12.1 Å². The van der Waals surface area contributed by atoms with E-state index < -0.39 is 6.43 Å². The summed E-state index contributed by atoms with van der Waals surface area (Å²) in [5, 5.41) is 3.50. The molecule has 0 saturated carbocycles. The van der Waals surface area contributed by atoms with Crippen LogP contribution in [0, 0.1) is 0 Å². The summed E-state index contributed by atoms with van der Waals surface area (Å²) in [6.07, 6.45) is -2.35. The van der Waals surface area contributed by atoms with Crippen molar-refractivity contribution < 1.29 is 8.78 Å². The lowest BCUT2D eigenvalue weighted by molar-refractivity contribution is 0.145. The molecular formula is C12H13F2N3. The zero-order valence-electron chi connectivity index (χ0n) is 9.16. The number of para-hydroxylation sites is 1. The van der Waals surface area contributed by atoms with Crippen LogP contribution in [0.15, 0.2) is 30.3 Å². The van der Waals surface area contributed by atoms with Gasteiger partial charge in [0.25, 0.3) is 6.43 Å². The van der Waals surface area contributed by atoms with E-state index in [1.54, 1.807) is 6.07 Å². The summed E-state index contributed by atoms with van der Waals surface area (Å²) in [5.41, 5.74) is 7.94. The largest absolute Gasteiger partial charge is 0.398 e. The number of fused-ring (bicyclic) bond motifs is 1. The molecular weight excluding hydrogens is 224 g/mol. The number of hydrogen-bond donors (Lipinski definition) is 2. The van der Waals surface area contributed by atoms with Crippen LogP contribution in [0.1, 0.15) is 5.69 Å². The molecule has 0 aliphatic carbocycles. The first-order valence-corrected chi connectivity index (χ1v) is 5.30. The number of halogens is 2. The number of rotatable bonds is 4. The molecule has 0 aliphatic heterocycles. The van der Waals surface area contributed by atoms with E-state index in [-0.39, 0.29) is 6.54 Å². The molecule has 0 unspecified atom stereocenters. The predicted octanol–water partition coefficient (Wildman–Crippen LogP) is 2.17. The number of nitrogens with zero attached hydrogens (tertiary/aromatic N) is 1. The van der Waals surface area contributed by atoms with E-state index in [9.17, 15) is 8.78 Å². The lowest BCUT2D eigenvalue weighted by atomic mass is 10.1. The van der Waals surface area contributed by atoms with Gasteiger partial charge in [0.05, 0.1) is 17.8 Å². The number of hydrogen-bond acceptors (Lipinski definition) is 3. The van der Waals surface area contributed by atoms with Crippen molar-refractivity contribution in [1.82, 2.24) is 10.3 Å².